The van der Waals surface area contributed by atoms with Gasteiger partial charge in [-0.2, -0.15) is 0 Å². The number of nitrogens with zero attached hydrogens (tertiary/aromatic N) is 1. The first kappa shape index (κ1) is 15.1. The van der Waals surface area contributed by atoms with Crippen LogP contribution in [0.15, 0.2) is 0 Å². The number of alkyl halides is 1. The van der Waals surface area contributed by atoms with Gasteiger partial charge in [0.15, 0.2) is 0 Å². The smallest absolute Gasteiger partial charge is 0.411 e. The van der Waals surface area contributed by atoms with E-state index in [2.05, 4.69) is 0 Å². The van der Waals surface area contributed by atoms with Crippen LogP contribution in [-0.4, -0.2) is 47.1 Å². The Labute approximate surface area is 112 Å². The van der Waals surface area contributed by atoms with Gasteiger partial charge in [0.25, 0.3) is 0 Å². The Morgan fingerprint density at radius 1 is 1.39 bits per heavy atom. The zero-order valence-corrected chi connectivity index (χ0v) is 12.0. The Kier molecular flexibility index (Phi) is 4.85. The molecule has 0 spiro atoms. The average Bonchev–Trinajstić information content (AvgIpc) is 2.58. The van der Waals surface area contributed by atoms with Gasteiger partial charge in [0.05, 0.1) is 12.0 Å². The molecular formula is C12H20ClNO4. The maximum atomic E-state index is 12.0. The maximum Gasteiger partial charge on any atom is 0.411 e. The normalized spacial score (nSPS) is 23.9. The summed E-state index contributed by atoms with van der Waals surface area (Å²) < 4.78 is 10.2. The number of halogens is 1. The summed E-state index contributed by atoms with van der Waals surface area (Å²) in [5, 5.41) is -0.244. The van der Waals surface area contributed by atoms with Gasteiger partial charge in [-0.1, -0.05) is 0 Å². The molecule has 18 heavy (non-hydrogen) atoms. The second kappa shape index (κ2) is 5.78. The maximum absolute atomic E-state index is 12.0. The van der Waals surface area contributed by atoms with Gasteiger partial charge in [-0.05, 0) is 34.1 Å². The van der Waals surface area contributed by atoms with E-state index in [1.807, 2.05) is 0 Å². The van der Waals surface area contributed by atoms with Crippen molar-refractivity contribution in [3.63, 3.8) is 0 Å². The molecule has 0 unspecified atom stereocenters. The van der Waals surface area contributed by atoms with Crippen LogP contribution in [0, 0.1) is 0 Å². The first-order chi connectivity index (χ1) is 8.24. The van der Waals surface area contributed by atoms with Gasteiger partial charge in [-0.15, -0.1) is 11.6 Å². The van der Waals surface area contributed by atoms with Crippen LogP contribution >= 0.6 is 11.6 Å². The number of hydrogen-bond acceptors (Lipinski definition) is 4. The molecule has 2 atom stereocenters. The van der Waals surface area contributed by atoms with Crippen LogP contribution < -0.4 is 0 Å². The number of rotatable bonds is 2. The number of esters is 1. The molecule has 0 N–H and O–H groups in total. The van der Waals surface area contributed by atoms with E-state index in [9.17, 15) is 9.59 Å². The summed E-state index contributed by atoms with van der Waals surface area (Å²) in [7, 11) is 0. The van der Waals surface area contributed by atoms with E-state index in [0.717, 1.165) is 0 Å². The predicted molar refractivity (Wildman–Crippen MR) is 67.6 cm³/mol. The molecule has 0 radical (unpaired) electrons. The molecule has 0 aromatic carbocycles. The third-order valence-electron chi connectivity index (χ3n) is 2.44. The van der Waals surface area contributed by atoms with Gasteiger partial charge in [-0.3, -0.25) is 4.90 Å². The molecule has 6 heteroatoms. The van der Waals surface area contributed by atoms with Crippen molar-refractivity contribution in [3.05, 3.63) is 0 Å². The fourth-order valence-electron chi connectivity index (χ4n) is 1.77. The highest BCUT2D eigenvalue weighted by Crippen LogP contribution is 2.25. The van der Waals surface area contributed by atoms with Gasteiger partial charge in [-0.25, -0.2) is 9.59 Å². The third kappa shape index (κ3) is 4.05. The molecule has 0 aliphatic carbocycles. The second-order valence-electron chi connectivity index (χ2n) is 5.23. The van der Waals surface area contributed by atoms with Crippen molar-refractivity contribution in [1.82, 2.24) is 4.90 Å². The minimum absolute atomic E-state index is 0.244. The molecule has 1 aliphatic heterocycles. The molecule has 1 amide bonds. The molecule has 1 rings (SSSR count). The quantitative estimate of drug-likeness (QED) is 0.573. The highest BCUT2D eigenvalue weighted by atomic mass is 35.5. The number of carbonyl (C=O) groups excluding carboxylic acids is 2. The summed E-state index contributed by atoms with van der Waals surface area (Å²) in [6, 6.07) is -0.637. The lowest BCUT2D eigenvalue weighted by molar-refractivity contribution is -0.148. The predicted octanol–water partition coefficient (Wildman–Crippen LogP) is 2.17. The van der Waals surface area contributed by atoms with Crippen molar-refractivity contribution >= 4 is 23.7 Å². The fraction of sp³-hybridized carbons (Fsp3) is 0.833. The summed E-state index contributed by atoms with van der Waals surface area (Å²) in [6.07, 6.45) is -0.122. The monoisotopic (exact) mass is 277 g/mol. The van der Waals surface area contributed by atoms with Gasteiger partial charge < -0.3 is 9.47 Å². The molecule has 104 valence electrons. The Morgan fingerprint density at radius 2 is 2.00 bits per heavy atom. The van der Waals surface area contributed by atoms with E-state index in [4.69, 9.17) is 21.1 Å². The third-order valence-corrected chi connectivity index (χ3v) is 2.75. The van der Waals surface area contributed by atoms with Crippen molar-refractivity contribution in [1.29, 1.82) is 0 Å². The highest BCUT2D eigenvalue weighted by molar-refractivity contribution is 6.21. The Morgan fingerprint density at radius 3 is 2.50 bits per heavy atom. The van der Waals surface area contributed by atoms with E-state index in [1.54, 1.807) is 27.7 Å². The van der Waals surface area contributed by atoms with Crippen molar-refractivity contribution in [2.75, 3.05) is 13.2 Å². The molecule has 0 bridgehead atoms. The first-order valence-electron chi connectivity index (χ1n) is 6.05. The lowest BCUT2D eigenvalue weighted by Crippen LogP contribution is -2.44. The zero-order valence-electron chi connectivity index (χ0n) is 11.2. The van der Waals surface area contributed by atoms with Gasteiger partial charge in [0.2, 0.25) is 0 Å². The molecule has 1 aliphatic rings. The summed E-state index contributed by atoms with van der Waals surface area (Å²) in [4.78, 5) is 25.1. The lowest BCUT2D eigenvalue weighted by Gasteiger charge is -2.27. The number of hydrogen-bond donors (Lipinski definition) is 0. The van der Waals surface area contributed by atoms with E-state index in [0.29, 0.717) is 13.0 Å². The van der Waals surface area contributed by atoms with Gasteiger partial charge in [0.1, 0.15) is 11.6 Å². The summed E-state index contributed by atoms with van der Waals surface area (Å²) in [5.74, 6) is -0.425. The zero-order chi connectivity index (χ0) is 13.9. The lowest BCUT2D eigenvalue weighted by atomic mass is 10.2. The number of likely N-dealkylation sites (tertiary alicyclic amines) is 1. The van der Waals surface area contributed by atoms with Crippen LogP contribution in [-0.2, 0) is 14.3 Å². The SMILES string of the molecule is CCOC(=O)[C@@H]1C[C@H](Cl)CN1C(=O)OC(C)(C)C. The average molecular weight is 278 g/mol. The summed E-state index contributed by atoms with van der Waals surface area (Å²) >= 11 is 6.00. The van der Waals surface area contributed by atoms with Crippen molar-refractivity contribution in [2.45, 2.75) is 51.1 Å². The molecule has 1 heterocycles. The molecule has 0 aromatic heterocycles. The van der Waals surface area contributed by atoms with E-state index >= 15 is 0 Å². The van der Waals surface area contributed by atoms with Gasteiger partial charge in [0, 0.05) is 6.54 Å². The van der Waals surface area contributed by atoms with E-state index in [1.165, 1.54) is 4.90 Å². The van der Waals surface area contributed by atoms with Crippen molar-refractivity contribution < 1.29 is 19.1 Å². The molecule has 1 fully saturated rings. The van der Waals surface area contributed by atoms with Crippen LogP contribution in [0.3, 0.4) is 0 Å². The van der Waals surface area contributed by atoms with Crippen molar-refractivity contribution in [2.24, 2.45) is 0 Å². The van der Waals surface area contributed by atoms with Crippen LogP contribution in [0.2, 0.25) is 0 Å². The van der Waals surface area contributed by atoms with Crippen LogP contribution in [0.1, 0.15) is 34.1 Å². The summed E-state index contributed by atoms with van der Waals surface area (Å²) in [5.41, 5.74) is -0.597. The van der Waals surface area contributed by atoms with E-state index < -0.39 is 23.7 Å². The largest absolute Gasteiger partial charge is 0.464 e. The van der Waals surface area contributed by atoms with Gasteiger partial charge >= 0.3 is 12.1 Å². The van der Waals surface area contributed by atoms with E-state index in [-0.39, 0.29) is 12.0 Å². The molecule has 0 saturated carbocycles. The Hall–Kier alpha value is -0.970. The minimum Gasteiger partial charge on any atom is -0.464 e. The Balaban J connectivity index is 2.72. The second-order valence-corrected chi connectivity index (χ2v) is 5.85. The standard InChI is InChI=1S/C12H20ClNO4/c1-5-17-10(15)9-6-8(13)7-14(9)11(16)18-12(2,3)4/h8-9H,5-7H2,1-4H3/t8-,9-/m0/s1. The number of ether oxygens (including phenoxy) is 2. The van der Waals surface area contributed by atoms with Crippen LogP contribution in [0.25, 0.3) is 0 Å². The molecule has 5 nitrogen and oxygen atoms in total. The number of amides is 1. The minimum atomic E-state index is -0.637. The van der Waals surface area contributed by atoms with Crippen molar-refractivity contribution in [3.8, 4) is 0 Å². The Bertz CT molecular complexity index is 327. The highest BCUT2D eigenvalue weighted by Gasteiger charge is 2.41. The molecule has 1 saturated heterocycles. The topological polar surface area (TPSA) is 55.8 Å². The summed E-state index contributed by atoms with van der Waals surface area (Å²) in [6.45, 7) is 7.64. The number of carbonyl (C=O) groups is 2. The fourth-order valence-corrected chi connectivity index (χ4v) is 2.09. The van der Waals surface area contributed by atoms with Crippen LogP contribution in [0.5, 0.6) is 0 Å². The van der Waals surface area contributed by atoms with Crippen LogP contribution in [0.4, 0.5) is 4.79 Å². The molecule has 0 aromatic rings. The molecular weight excluding hydrogens is 258 g/mol. The first-order valence-corrected chi connectivity index (χ1v) is 6.48.